The quantitative estimate of drug-likeness (QED) is 0.850. The summed E-state index contributed by atoms with van der Waals surface area (Å²) in [6.07, 6.45) is 2.48. The Kier molecular flexibility index (Phi) is 4.59. The number of amides is 1. The van der Waals surface area contributed by atoms with E-state index in [1.54, 1.807) is 0 Å². The number of rotatable bonds is 3. The molecule has 0 spiro atoms. The Hall–Kier alpha value is -1.35. The van der Waals surface area contributed by atoms with Crippen LogP contribution in [-0.4, -0.2) is 25.5 Å². The highest BCUT2D eigenvalue weighted by Gasteiger charge is 2.21. The highest BCUT2D eigenvalue weighted by molar-refractivity contribution is 5.92. The van der Waals surface area contributed by atoms with Crippen molar-refractivity contribution in [2.45, 2.75) is 33.6 Å². The molecule has 1 saturated heterocycles. The van der Waals surface area contributed by atoms with Crippen LogP contribution in [0.1, 0.15) is 30.9 Å². The second kappa shape index (κ2) is 6.20. The van der Waals surface area contributed by atoms with Gasteiger partial charge in [0, 0.05) is 5.69 Å². The summed E-state index contributed by atoms with van der Waals surface area (Å²) in [5.41, 5.74) is 3.31. The first-order valence-corrected chi connectivity index (χ1v) is 7.25. The average Bonchev–Trinajstić information content (AvgIpc) is 2.36. The van der Waals surface area contributed by atoms with Gasteiger partial charge in [0.15, 0.2) is 6.54 Å². The maximum absolute atomic E-state index is 12.1. The van der Waals surface area contributed by atoms with Crippen molar-refractivity contribution in [3.8, 4) is 0 Å². The van der Waals surface area contributed by atoms with Crippen LogP contribution >= 0.6 is 0 Å². The van der Waals surface area contributed by atoms with E-state index in [0.717, 1.165) is 30.3 Å². The molecule has 0 bridgehead atoms. The molecule has 19 heavy (non-hydrogen) atoms. The lowest BCUT2D eigenvalue weighted by molar-refractivity contribution is -0.897. The molecule has 0 aromatic heterocycles. The summed E-state index contributed by atoms with van der Waals surface area (Å²) in [6.45, 7) is 9.26. The molecule has 0 aliphatic carbocycles. The lowest BCUT2D eigenvalue weighted by atomic mass is 9.99. The normalized spacial score (nSPS) is 23.1. The minimum Gasteiger partial charge on any atom is -0.327 e. The fourth-order valence-electron chi connectivity index (χ4n) is 2.72. The minimum absolute atomic E-state index is 0.136. The number of nitrogens with one attached hydrogen (secondary N) is 2. The largest absolute Gasteiger partial charge is 0.327 e. The molecular weight excluding hydrogens is 236 g/mol. The number of aryl methyl sites for hydroxylation is 2. The van der Waals surface area contributed by atoms with Crippen molar-refractivity contribution in [1.29, 1.82) is 0 Å². The molecule has 1 amide bonds. The first-order chi connectivity index (χ1) is 9.04. The van der Waals surface area contributed by atoms with Crippen LogP contribution in [-0.2, 0) is 4.79 Å². The van der Waals surface area contributed by atoms with Crippen LogP contribution in [0.2, 0.25) is 0 Å². The topological polar surface area (TPSA) is 33.5 Å². The minimum atomic E-state index is 0.136. The molecule has 0 unspecified atom stereocenters. The molecule has 0 atom stereocenters. The van der Waals surface area contributed by atoms with Gasteiger partial charge in [-0.05, 0) is 44.2 Å². The van der Waals surface area contributed by atoms with Gasteiger partial charge in [0.2, 0.25) is 0 Å². The SMILES string of the molecule is Cc1ccc(NC(=O)C[NH+]2CCC(C)CC2)c(C)c1. The summed E-state index contributed by atoms with van der Waals surface area (Å²) in [4.78, 5) is 13.5. The molecule has 1 aliphatic rings. The molecule has 1 heterocycles. The maximum atomic E-state index is 12.1. The van der Waals surface area contributed by atoms with Gasteiger partial charge in [-0.25, -0.2) is 0 Å². The second-order valence-corrected chi connectivity index (χ2v) is 5.98. The number of hydrogen-bond acceptors (Lipinski definition) is 1. The molecule has 1 aliphatic heterocycles. The van der Waals surface area contributed by atoms with E-state index in [2.05, 4.69) is 25.2 Å². The van der Waals surface area contributed by atoms with Crippen LogP contribution < -0.4 is 10.2 Å². The summed E-state index contributed by atoms with van der Waals surface area (Å²) in [7, 11) is 0. The van der Waals surface area contributed by atoms with E-state index in [1.807, 2.05) is 19.1 Å². The van der Waals surface area contributed by atoms with Gasteiger partial charge in [-0.3, -0.25) is 4.79 Å². The Balaban J connectivity index is 1.87. The van der Waals surface area contributed by atoms with Gasteiger partial charge >= 0.3 is 0 Å². The highest BCUT2D eigenvalue weighted by atomic mass is 16.2. The number of carbonyl (C=O) groups is 1. The zero-order chi connectivity index (χ0) is 13.8. The van der Waals surface area contributed by atoms with E-state index < -0.39 is 0 Å². The molecule has 1 aromatic carbocycles. The third-order valence-corrected chi connectivity index (χ3v) is 4.05. The number of likely N-dealkylation sites (tertiary alicyclic amines) is 1. The van der Waals surface area contributed by atoms with Crippen LogP contribution in [0.3, 0.4) is 0 Å². The van der Waals surface area contributed by atoms with Crippen LogP contribution in [0, 0.1) is 19.8 Å². The Bertz CT molecular complexity index is 448. The van der Waals surface area contributed by atoms with Crippen LogP contribution in [0.25, 0.3) is 0 Å². The van der Waals surface area contributed by atoms with Crippen molar-refractivity contribution in [2.24, 2.45) is 5.92 Å². The van der Waals surface area contributed by atoms with Gasteiger partial charge < -0.3 is 10.2 Å². The van der Waals surface area contributed by atoms with Crippen molar-refractivity contribution < 1.29 is 9.69 Å². The van der Waals surface area contributed by atoms with E-state index in [0.29, 0.717) is 6.54 Å². The van der Waals surface area contributed by atoms with Gasteiger partial charge in [-0.1, -0.05) is 24.6 Å². The van der Waals surface area contributed by atoms with Crippen molar-refractivity contribution >= 4 is 11.6 Å². The summed E-state index contributed by atoms with van der Waals surface area (Å²) in [6, 6.07) is 6.14. The lowest BCUT2D eigenvalue weighted by Gasteiger charge is -2.26. The molecule has 1 aromatic rings. The van der Waals surface area contributed by atoms with E-state index in [-0.39, 0.29) is 5.91 Å². The van der Waals surface area contributed by atoms with Gasteiger partial charge in [0.05, 0.1) is 13.1 Å². The van der Waals surface area contributed by atoms with Gasteiger partial charge in [-0.15, -0.1) is 0 Å². The zero-order valence-corrected chi connectivity index (χ0v) is 12.3. The zero-order valence-electron chi connectivity index (χ0n) is 12.3. The summed E-state index contributed by atoms with van der Waals surface area (Å²) in [5.74, 6) is 0.961. The fraction of sp³-hybridized carbons (Fsp3) is 0.562. The number of piperidine rings is 1. The van der Waals surface area contributed by atoms with Crippen molar-refractivity contribution in [1.82, 2.24) is 0 Å². The number of carbonyl (C=O) groups excluding carboxylic acids is 1. The first kappa shape index (κ1) is 14.1. The van der Waals surface area contributed by atoms with Gasteiger partial charge in [0.1, 0.15) is 0 Å². The molecule has 2 rings (SSSR count). The predicted octanol–water partition coefficient (Wildman–Crippen LogP) is 1.56. The van der Waals surface area contributed by atoms with Gasteiger partial charge in [0.25, 0.3) is 5.91 Å². The lowest BCUT2D eigenvalue weighted by Crippen LogP contribution is -3.14. The van der Waals surface area contributed by atoms with Crippen LogP contribution in [0.15, 0.2) is 18.2 Å². The Labute approximate surface area is 116 Å². The molecule has 0 radical (unpaired) electrons. The number of hydrogen-bond donors (Lipinski definition) is 2. The fourth-order valence-corrected chi connectivity index (χ4v) is 2.72. The number of benzene rings is 1. The summed E-state index contributed by atoms with van der Waals surface area (Å²) < 4.78 is 0. The monoisotopic (exact) mass is 261 g/mol. The van der Waals surface area contributed by atoms with Crippen LogP contribution in [0.4, 0.5) is 5.69 Å². The summed E-state index contributed by atoms with van der Waals surface area (Å²) >= 11 is 0. The van der Waals surface area contributed by atoms with E-state index >= 15 is 0 Å². The maximum Gasteiger partial charge on any atom is 0.279 e. The van der Waals surface area contributed by atoms with Crippen molar-refractivity contribution in [2.75, 3.05) is 25.0 Å². The molecule has 0 saturated carbocycles. The molecule has 1 fully saturated rings. The number of quaternary nitrogens is 1. The Morgan fingerprint density at radius 3 is 2.63 bits per heavy atom. The summed E-state index contributed by atoms with van der Waals surface area (Å²) in [5, 5.41) is 3.04. The molecule has 3 nitrogen and oxygen atoms in total. The van der Waals surface area contributed by atoms with E-state index in [4.69, 9.17) is 0 Å². The number of anilines is 1. The molecule has 104 valence electrons. The third-order valence-electron chi connectivity index (χ3n) is 4.05. The van der Waals surface area contributed by atoms with Crippen LogP contribution in [0.5, 0.6) is 0 Å². The van der Waals surface area contributed by atoms with Crippen molar-refractivity contribution in [3.05, 3.63) is 29.3 Å². The smallest absolute Gasteiger partial charge is 0.279 e. The van der Waals surface area contributed by atoms with E-state index in [1.165, 1.54) is 23.3 Å². The Morgan fingerprint density at radius 2 is 2.00 bits per heavy atom. The van der Waals surface area contributed by atoms with Crippen molar-refractivity contribution in [3.63, 3.8) is 0 Å². The second-order valence-electron chi connectivity index (χ2n) is 5.98. The molecule has 3 heteroatoms. The first-order valence-electron chi connectivity index (χ1n) is 7.25. The predicted molar refractivity (Wildman–Crippen MR) is 78.5 cm³/mol. The van der Waals surface area contributed by atoms with Gasteiger partial charge in [-0.2, -0.15) is 0 Å². The molecular formula is C16H25N2O+. The standard InChI is InChI=1S/C16H24N2O/c1-12-6-8-18(9-7-12)11-16(19)17-15-5-4-13(2)10-14(15)3/h4-5,10,12H,6-9,11H2,1-3H3,(H,17,19)/p+1. The highest BCUT2D eigenvalue weighted by Crippen LogP contribution is 2.15. The Morgan fingerprint density at radius 1 is 1.32 bits per heavy atom. The van der Waals surface area contributed by atoms with E-state index in [9.17, 15) is 4.79 Å². The third kappa shape index (κ3) is 4.06. The molecule has 2 N–H and O–H groups in total. The average molecular weight is 261 g/mol.